The number of non-ortho nitro benzene ring substituents is 1. The number of amides is 1. The van der Waals surface area contributed by atoms with Crippen molar-refractivity contribution in [3.8, 4) is 5.75 Å². The van der Waals surface area contributed by atoms with E-state index in [1.54, 1.807) is 25.3 Å². The minimum atomic E-state index is -0.425. The Morgan fingerprint density at radius 2 is 2.04 bits per heavy atom. The van der Waals surface area contributed by atoms with Crippen molar-refractivity contribution in [1.29, 1.82) is 0 Å². The molecule has 4 rings (SSSR count). The molecule has 1 saturated heterocycles. The first-order valence-corrected chi connectivity index (χ1v) is 9.07. The molecule has 2 aromatic rings. The summed E-state index contributed by atoms with van der Waals surface area (Å²) in [6.45, 7) is 0. The second-order valence-electron chi connectivity index (χ2n) is 5.95. The number of nitrogens with one attached hydrogen (secondary N) is 1. The van der Waals surface area contributed by atoms with Crippen molar-refractivity contribution < 1.29 is 14.5 Å². The van der Waals surface area contributed by atoms with Crippen LogP contribution in [0.4, 0.5) is 5.69 Å². The van der Waals surface area contributed by atoms with Crippen molar-refractivity contribution in [2.45, 2.75) is 5.50 Å². The molecule has 2 heterocycles. The Labute approximate surface area is 159 Å². The number of thioether (sulfide) groups is 1. The molecule has 1 amide bonds. The zero-order valence-electron chi connectivity index (χ0n) is 14.3. The Morgan fingerprint density at radius 1 is 1.26 bits per heavy atom. The zero-order chi connectivity index (χ0) is 19.0. The minimum absolute atomic E-state index is 0.0148. The van der Waals surface area contributed by atoms with Crippen molar-refractivity contribution in [2.75, 3.05) is 7.11 Å². The second-order valence-corrected chi connectivity index (χ2v) is 6.90. The Hall–Kier alpha value is -3.26. The van der Waals surface area contributed by atoms with Gasteiger partial charge in [0.2, 0.25) is 0 Å². The van der Waals surface area contributed by atoms with Gasteiger partial charge in [-0.2, -0.15) is 0 Å². The van der Waals surface area contributed by atoms with Gasteiger partial charge in [-0.05, 0) is 29.2 Å². The number of hydrogen-bond donors (Lipinski definition) is 1. The molecule has 0 aliphatic carbocycles. The molecule has 8 heteroatoms. The van der Waals surface area contributed by atoms with E-state index in [-0.39, 0.29) is 17.1 Å². The van der Waals surface area contributed by atoms with E-state index >= 15 is 0 Å². The Bertz CT molecular complexity index is 985. The molecule has 136 valence electrons. The van der Waals surface area contributed by atoms with Gasteiger partial charge in [-0.15, -0.1) is 0 Å². The molecule has 0 bridgehead atoms. The number of carbonyl (C=O) groups is 1. The summed E-state index contributed by atoms with van der Waals surface area (Å²) in [7, 11) is 1.60. The highest BCUT2D eigenvalue weighted by atomic mass is 32.2. The quantitative estimate of drug-likeness (QED) is 0.496. The molecule has 1 N–H and O–H groups in total. The number of ether oxygens (including phenoxy) is 1. The fraction of sp³-hybridized carbons (Fsp3) is 0.105. The lowest BCUT2D eigenvalue weighted by Crippen LogP contribution is -2.27. The fourth-order valence-electron chi connectivity index (χ4n) is 3.00. The highest BCUT2D eigenvalue weighted by Gasteiger charge is 2.40. The molecule has 1 fully saturated rings. The van der Waals surface area contributed by atoms with Crippen molar-refractivity contribution in [2.24, 2.45) is 0 Å². The normalized spacial score (nSPS) is 19.7. The molecule has 1 atom stereocenters. The summed E-state index contributed by atoms with van der Waals surface area (Å²) in [6.07, 6.45) is 1.80. The number of benzene rings is 2. The molecule has 0 aromatic heterocycles. The monoisotopic (exact) mass is 381 g/mol. The number of nitro benzene ring substituents is 1. The van der Waals surface area contributed by atoms with Crippen LogP contribution in [-0.2, 0) is 4.79 Å². The first-order chi connectivity index (χ1) is 13.1. The predicted octanol–water partition coefficient (Wildman–Crippen LogP) is 3.41. The predicted molar refractivity (Wildman–Crippen MR) is 103 cm³/mol. The van der Waals surface area contributed by atoms with Gasteiger partial charge >= 0.3 is 0 Å². The maximum Gasteiger partial charge on any atom is 0.270 e. The van der Waals surface area contributed by atoms with Gasteiger partial charge in [-0.25, -0.2) is 0 Å². The fourth-order valence-corrected chi connectivity index (χ4v) is 4.03. The van der Waals surface area contributed by atoms with Gasteiger partial charge in [-0.1, -0.05) is 36.0 Å². The van der Waals surface area contributed by atoms with Crippen LogP contribution < -0.4 is 10.1 Å². The largest absolute Gasteiger partial charge is 0.497 e. The molecule has 27 heavy (non-hydrogen) atoms. The molecular weight excluding hydrogens is 366 g/mol. The molecule has 0 unspecified atom stereocenters. The van der Waals surface area contributed by atoms with Gasteiger partial charge in [0, 0.05) is 17.7 Å². The topological polar surface area (TPSA) is 84.7 Å². The summed E-state index contributed by atoms with van der Waals surface area (Å²) in [6, 6.07) is 13.8. The van der Waals surface area contributed by atoms with Crippen molar-refractivity contribution in [3.05, 3.63) is 80.9 Å². The zero-order valence-corrected chi connectivity index (χ0v) is 15.1. The third-order valence-electron chi connectivity index (χ3n) is 4.32. The highest BCUT2D eigenvalue weighted by Crippen LogP contribution is 2.42. The van der Waals surface area contributed by atoms with Crippen LogP contribution in [0.1, 0.15) is 11.1 Å². The molecule has 2 aliphatic heterocycles. The van der Waals surface area contributed by atoms with Crippen LogP contribution in [0.2, 0.25) is 0 Å². The van der Waals surface area contributed by atoms with Crippen LogP contribution in [-0.4, -0.2) is 28.3 Å². The average molecular weight is 381 g/mol. The number of methoxy groups -OCH3 is 1. The number of nitrogens with zero attached hydrogens (tertiary/aromatic N) is 2. The van der Waals surface area contributed by atoms with Crippen LogP contribution in [0.25, 0.3) is 11.8 Å². The van der Waals surface area contributed by atoms with E-state index in [0.717, 1.165) is 17.0 Å². The van der Waals surface area contributed by atoms with Gasteiger partial charge in [-0.3, -0.25) is 14.9 Å². The molecule has 7 nitrogen and oxygen atoms in total. The molecule has 2 aromatic carbocycles. The van der Waals surface area contributed by atoms with Crippen LogP contribution >= 0.6 is 11.8 Å². The number of fused-ring (bicyclic) bond motifs is 1. The molecule has 0 radical (unpaired) electrons. The summed E-state index contributed by atoms with van der Waals surface area (Å²) in [5.41, 5.74) is 2.56. The lowest BCUT2D eigenvalue weighted by Gasteiger charge is -2.21. The van der Waals surface area contributed by atoms with Gasteiger partial charge in [0.1, 0.15) is 11.4 Å². The molecule has 0 spiro atoms. The molecular formula is C19H15N3O4S. The number of rotatable bonds is 4. The Balaban J connectivity index is 1.70. The first kappa shape index (κ1) is 17.2. The van der Waals surface area contributed by atoms with Gasteiger partial charge in [0.25, 0.3) is 11.6 Å². The standard InChI is InChI=1S/C19H15N3O4S/c1-26-15-7-5-12(6-8-15)9-16-18(23)20-19-21(16)17(11-27-19)13-3-2-4-14(10-13)22(24)25/h2-11,19H,1H3,(H,20,23)/b16-9+/t19-/m0/s1. The van der Waals surface area contributed by atoms with Gasteiger partial charge in [0.05, 0.1) is 17.7 Å². The summed E-state index contributed by atoms with van der Waals surface area (Å²) in [5.74, 6) is 0.555. The summed E-state index contributed by atoms with van der Waals surface area (Å²) >= 11 is 1.46. The molecule has 0 saturated carbocycles. The van der Waals surface area contributed by atoms with E-state index in [9.17, 15) is 14.9 Å². The third-order valence-corrected chi connectivity index (χ3v) is 5.27. The summed E-state index contributed by atoms with van der Waals surface area (Å²) < 4.78 is 5.16. The minimum Gasteiger partial charge on any atom is -0.497 e. The lowest BCUT2D eigenvalue weighted by atomic mass is 10.1. The van der Waals surface area contributed by atoms with Crippen LogP contribution in [0.3, 0.4) is 0 Å². The smallest absolute Gasteiger partial charge is 0.270 e. The van der Waals surface area contributed by atoms with Crippen LogP contribution in [0.5, 0.6) is 5.75 Å². The molecule has 2 aliphatic rings. The highest BCUT2D eigenvalue weighted by molar-refractivity contribution is 8.03. The average Bonchev–Trinajstić information content (AvgIpc) is 3.22. The maximum atomic E-state index is 12.5. The number of hydrogen-bond acceptors (Lipinski definition) is 6. The van der Waals surface area contributed by atoms with E-state index in [0.29, 0.717) is 11.3 Å². The van der Waals surface area contributed by atoms with E-state index in [2.05, 4.69) is 5.32 Å². The Kier molecular flexibility index (Phi) is 4.33. The van der Waals surface area contributed by atoms with Crippen LogP contribution in [0.15, 0.2) is 59.6 Å². The number of carbonyl (C=O) groups excluding carboxylic acids is 1. The SMILES string of the molecule is COc1ccc(/C=C2\C(=O)N[C@@H]3SC=C(c4cccc([N+](=O)[O-])c4)N23)cc1. The summed E-state index contributed by atoms with van der Waals surface area (Å²) in [5, 5.41) is 15.9. The lowest BCUT2D eigenvalue weighted by molar-refractivity contribution is -0.384. The van der Waals surface area contributed by atoms with Crippen molar-refractivity contribution in [3.63, 3.8) is 0 Å². The van der Waals surface area contributed by atoms with E-state index in [1.165, 1.54) is 23.9 Å². The summed E-state index contributed by atoms with van der Waals surface area (Å²) in [4.78, 5) is 25.0. The van der Waals surface area contributed by atoms with Crippen LogP contribution in [0, 0.1) is 10.1 Å². The van der Waals surface area contributed by atoms with E-state index in [1.807, 2.05) is 34.6 Å². The van der Waals surface area contributed by atoms with Crippen molar-refractivity contribution in [1.82, 2.24) is 10.2 Å². The Morgan fingerprint density at radius 3 is 2.74 bits per heavy atom. The van der Waals surface area contributed by atoms with Crippen molar-refractivity contribution >= 4 is 35.1 Å². The van der Waals surface area contributed by atoms with Gasteiger partial charge in [0.15, 0.2) is 5.50 Å². The third kappa shape index (κ3) is 3.15. The second kappa shape index (κ2) is 6.81. The first-order valence-electron chi connectivity index (χ1n) is 8.13. The number of nitro groups is 1. The van der Waals surface area contributed by atoms with Gasteiger partial charge < -0.3 is 15.0 Å². The van der Waals surface area contributed by atoms with E-state index in [4.69, 9.17) is 4.74 Å². The van der Waals surface area contributed by atoms with E-state index < -0.39 is 4.92 Å². The maximum absolute atomic E-state index is 12.5.